The molecule has 2 aliphatic heterocycles. The fourth-order valence-corrected chi connectivity index (χ4v) is 6.42. The Kier molecular flexibility index (Phi) is 7.40. The van der Waals surface area contributed by atoms with Crippen molar-refractivity contribution in [3.05, 3.63) is 91.8 Å². The Morgan fingerprint density at radius 2 is 1.56 bits per heavy atom. The number of esters is 2. The van der Waals surface area contributed by atoms with E-state index in [0.29, 0.717) is 11.1 Å². The minimum absolute atomic E-state index is 0.0207. The Labute approximate surface area is 235 Å². The summed E-state index contributed by atoms with van der Waals surface area (Å²) in [5, 5.41) is 29.3. The van der Waals surface area contributed by atoms with Crippen LogP contribution in [0.25, 0.3) is 0 Å². The first-order chi connectivity index (χ1) is 19.6. The lowest BCUT2D eigenvalue weighted by Gasteiger charge is -2.37. The van der Waals surface area contributed by atoms with Gasteiger partial charge in [0.1, 0.15) is 19.3 Å². The van der Waals surface area contributed by atoms with Gasteiger partial charge in [0.2, 0.25) is 5.91 Å². The molecule has 1 amide bonds. The SMILES string of the molecule is CC1(Cn2nncc2C(=O)OCc2ccc([N+](=O)[O-])cc2)SC2CC(=O)N2C1C(=O)OCc1ccc([N+](=O)[O-])cc1. The fraction of sp³-hybridized carbons (Fsp3) is 0.320. The zero-order valence-electron chi connectivity index (χ0n) is 21.4. The van der Waals surface area contributed by atoms with Crippen LogP contribution in [0.2, 0.25) is 0 Å². The number of nitro benzene ring substituents is 2. The van der Waals surface area contributed by atoms with Crippen molar-refractivity contribution in [2.75, 3.05) is 0 Å². The van der Waals surface area contributed by atoms with Gasteiger partial charge >= 0.3 is 11.9 Å². The Balaban J connectivity index is 1.27. The number of aromatic nitrogens is 3. The van der Waals surface area contributed by atoms with Crippen molar-refractivity contribution < 1.29 is 33.7 Å². The second-order valence-corrected chi connectivity index (χ2v) is 11.3. The fourth-order valence-electron chi connectivity index (χ4n) is 4.68. The van der Waals surface area contributed by atoms with E-state index in [1.165, 1.54) is 76.1 Å². The van der Waals surface area contributed by atoms with Gasteiger partial charge in [-0.25, -0.2) is 14.3 Å². The highest BCUT2D eigenvalue weighted by Crippen LogP contribution is 2.52. The molecule has 212 valence electrons. The van der Waals surface area contributed by atoms with Crippen LogP contribution < -0.4 is 0 Å². The molecule has 3 heterocycles. The third kappa shape index (κ3) is 5.58. The van der Waals surface area contributed by atoms with Gasteiger partial charge in [0, 0.05) is 24.3 Å². The molecule has 16 heteroatoms. The number of carbonyl (C=O) groups excluding carboxylic acids is 3. The summed E-state index contributed by atoms with van der Waals surface area (Å²) in [5.74, 6) is -1.60. The smallest absolute Gasteiger partial charge is 0.358 e. The van der Waals surface area contributed by atoms with Crippen LogP contribution in [0.3, 0.4) is 0 Å². The maximum absolute atomic E-state index is 13.3. The highest BCUT2D eigenvalue weighted by molar-refractivity contribution is 8.01. The number of hydrogen-bond donors (Lipinski definition) is 0. The van der Waals surface area contributed by atoms with Crippen LogP contribution in [-0.4, -0.2) is 63.7 Å². The number of thioether (sulfide) groups is 1. The number of fused-ring (bicyclic) bond motifs is 1. The molecule has 0 saturated carbocycles. The summed E-state index contributed by atoms with van der Waals surface area (Å²) in [5.41, 5.74) is 0.918. The molecule has 2 aromatic carbocycles. The Morgan fingerprint density at radius 3 is 2.10 bits per heavy atom. The molecule has 41 heavy (non-hydrogen) atoms. The van der Waals surface area contributed by atoms with Gasteiger partial charge in [0.05, 0.1) is 39.1 Å². The van der Waals surface area contributed by atoms with Gasteiger partial charge < -0.3 is 14.4 Å². The van der Waals surface area contributed by atoms with Gasteiger partial charge in [-0.3, -0.25) is 25.0 Å². The molecular formula is C25H22N6O9S. The molecule has 1 aromatic heterocycles. The number of amides is 1. The van der Waals surface area contributed by atoms with Gasteiger partial charge in [-0.2, -0.15) is 0 Å². The zero-order valence-corrected chi connectivity index (χ0v) is 22.3. The van der Waals surface area contributed by atoms with Gasteiger partial charge in [-0.1, -0.05) is 5.21 Å². The monoisotopic (exact) mass is 582 g/mol. The quantitative estimate of drug-likeness (QED) is 0.147. The Morgan fingerprint density at radius 1 is 1.00 bits per heavy atom. The molecule has 3 unspecified atom stereocenters. The highest BCUT2D eigenvalue weighted by Gasteiger charge is 2.61. The van der Waals surface area contributed by atoms with Crippen LogP contribution in [0.4, 0.5) is 11.4 Å². The summed E-state index contributed by atoms with van der Waals surface area (Å²) in [6.45, 7) is 1.51. The number of benzene rings is 2. The average Bonchev–Trinajstić information content (AvgIpc) is 3.50. The number of rotatable bonds is 10. The predicted octanol–water partition coefficient (Wildman–Crippen LogP) is 2.63. The predicted molar refractivity (Wildman–Crippen MR) is 140 cm³/mol. The molecular weight excluding hydrogens is 560 g/mol. The maximum Gasteiger partial charge on any atom is 0.358 e. The Bertz CT molecular complexity index is 1530. The van der Waals surface area contributed by atoms with Crippen molar-refractivity contribution in [1.29, 1.82) is 0 Å². The number of non-ortho nitro benzene ring substituents is 2. The number of ether oxygens (including phenoxy) is 2. The van der Waals surface area contributed by atoms with E-state index in [9.17, 15) is 34.6 Å². The first-order valence-corrected chi connectivity index (χ1v) is 13.1. The summed E-state index contributed by atoms with van der Waals surface area (Å²) in [4.78, 5) is 60.7. The molecule has 5 rings (SSSR count). The Hall–Kier alpha value is -4.86. The largest absolute Gasteiger partial charge is 0.459 e. The van der Waals surface area contributed by atoms with Crippen molar-refractivity contribution in [2.45, 2.75) is 49.3 Å². The van der Waals surface area contributed by atoms with Gasteiger partial charge in [-0.05, 0) is 42.3 Å². The van der Waals surface area contributed by atoms with E-state index >= 15 is 0 Å². The van der Waals surface area contributed by atoms with Crippen molar-refractivity contribution in [2.24, 2.45) is 0 Å². The van der Waals surface area contributed by atoms with Crippen LogP contribution in [-0.2, 0) is 38.8 Å². The standard InChI is InChI=1S/C25H22N6O9S/c1-25(14-28-19(11-26-27-28)23(33)39-12-15-2-6-17(7-3-15)30(35)36)22(29-20(32)10-21(29)41-25)24(34)40-13-16-4-8-18(9-5-16)31(37)38/h2-9,11,21-22H,10,12-14H2,1H3. The van der Waals surface area contributed by atoms with Crippen LogP contribution in [0.5, 0.6) is 0 Å². The van der Waals surface area contributed by atoms with E-state index in [0.717, 1.165) is 0 Å². The van der Waals surface area contributed by atoms with Crippen molar-refractivity contribution >= 4 is 41.0 Å². The average molecular weight is 583 g/mol. The summed E-state index contributed by atoms with van der Waals surface area (Å²) >= 11 is 1.40. The van der Waals surface area contributed by atoms with E-state index in [1.54, 1.807) is 6.92 Å². The highest BCUT2D eigenvalue weighted by atomic mass is 32.2. The summed E-state index contributed by atoms with van der Waals surface area (Å²) < 4.78 is 11.2. The number of nitro groups is 2. The second-order valence-electron chi connectivity index (χ2n) is 9.60. The van der Waals surface area contributed by atoms with Gasteiger partial charge in [-0.15, -0.1) is 16.9 Å². The molecule has 0 N–H and O–H groups in total. The first-order valence-electron chi connectivity index (χ1n) is 12.2. The molecule has 2 fully saturated rings. The van der Waals surface area contributed by atoms with E-state index in [-0.39, 0.29) is 54.5 Å². The van der Waals surface area contributed by atoms with Crippen LogP contribution in [0, 0.1) is 20.2 Å². The van der Waals surface area contributed by atoms with E-state index in [1.807, 2.05) is 0 Å². The molecule has 3 aromatic rings. The maximum atomic E-state index is 13.3. The molecule has 0 aliphatic carbocycles. The number of nitrogens with zero attached hydrogens (tertiary/aromatic N) is 6. The van der Waals surface area contributed by atoms with Crippen molar-refractivity contribution in [3.8, 4) is 0 Å². The summed E-state index contributed by atoms with van der Waals surface area (Å²) in [6.07, 6.45) is 1.48. The van der Waals surface area contributed by atoms with E-state index < -0.39 is 32.6 Å². The van der Waals surface area contributed by atoms with E-state index in [4.69, 9.17) is 9.47 Å². The lowest BCUT2D eigenvalue weighted by atomic mass is 9.96. The number of hydrogen-bond acceptors (Lipinski definition) is 12. The number of β-lactam (4-membered cyclic amide) rings is 1. The topological polar surface area (TPSA) is 190 Å². The minimum atomic E-state index is -0.982. The summed E-state index contributed by atoms with van der Waals surface area (Å²) in [6, 6.07) is 10.2. The summed E-state index contributed by atoms with van der Waals surface area (Å²) in [7, 11) is 0. The lowest BCUT2D eigenvalue weighted by molar-refractivity contribution is -0.385. The minimum Gasteiger partial charge on any atom is -0.459 e. The van der Waals surface area contributed by atoms with Crippen molar-refractivity contribution in [1.82, 2.24) is 19.9 Å². The molecule has 15 nitrogen and oxygen atoms in total. The third-order valence-electron chi connectivity index (χ3n) is 6.77. The molecule has 3 atom stereocenters. The van der Waals surface area contributed by atoms with Gasteiger partial charge in [0.15, 0.2) is 5.69 Å². The molecule has 0 radical (unpaired) electrons. The zero-order chi connectivity index (χ0) is 29.3. The molecule has 2 saturated heterocycles. The molecule has 0 bridgehead atoms. The first kappa shape index (κ1) is 27.7. The van der Waals surface area contributed by atoms with Crippen LogP contribution in [0.1, 0.15) is 35.0 Å². The second kappa shape index (κ2) is 11.0. The normalized spacial score (nSPS) is 21.1. The third-order valence-corrected chi connectivity index (χ3v) is 8.33. The van der Waals surface area contributed by atoms with E-state index in [2.05, 4.69) is 10.3 Å². The lowest BCUT2D eigenvalue weighted by Crippen LogP contribution is -2.58. The van der Waals surface area contributed by atoms with Crippen molar-refractivity contribution in [3.63, 3.8) is 0 Å². The van der Waals surface area contributed by atoms with Crippen LogP contribution >= 0.6 is 11.8 Å². The van der Waals surface area contributed by atoms with Crippen LogP contribution in [0.15, 0.2) is 54.7 Å². The van der Waals surface area contributed by atoms with Gasteiger partial charge in [0.25, 0.3) is 11.4 Å². The number of carbonyl (C=O) groups is 3. The molecule has 0 spiro atoms. The molecule has 2 aliphatic rings.